The van der Waals surface area contributed by atoms with E-state index in [9.17, 15) is 14.4 Å². The van der Waals surface area contributed by atoms with Gasteiger partial charge in [0.2, 0.25) is 0 Å². The van der Waals surface area contributed by atoms with E-state index in [2.05, 4.69) is 15.8 Å². The average Bonchev–Trinajstić information content (AvgIpc) is 2.84. The van der Waals surface area contributed by atoms with Gasteiger partial charge in [-0.25, -0.2) is 10.2 Å². The van der Waals surface area contributed by atoms with Crippen molar-refractivity contribution in [3.63, 3.8) is 0 Å². The third-order valence-electron chi connectivity index (χ3n) is 4.78. The smallest absolute Gasteiger partial charge is 0.343 e. The molecule has 0 fully saturated rings. The minimum absolute atomic E-state index is 0.210. The van der Waals surface area contributed by atoms with Gasteiger partial charge in [-0.1, -0.05) is 6.07 Å². The number of carbonyl (C=O) groups excluding carboxylic acids is 3. The Hall–Kier alpha value is -4.66. The van der Waals surface area contributed by atoms with E-state index in [1.54, 1.807) is 48.5 Å². The Labute approximate surface area is 202 Å². The summed E-state index contributed by atoms with van der Waals surface area (Å²) in [6.07, 6.45) is 1.33. The molecule has 2 amide bonds. The summed E-state index contributed by atoms with van der Waals surface area (Å²) in [6, 6.07) is 16.7. The number of anilines is 1. The summed E-state index contributed by atoms with van der Waals surface area (Å²) < 4.78 is 15.8. The van der Waals surface area contributed by atoms with Gasteiger partial charge in [-0.15, -0.1) is 0 Å². The van der Waals surface area contributed by atoms with Gasteiger partial charge in [-0.3, -0.25) is 9.59 Å². The number of rotatable bonds is 7. The lowest BCUT2D eigenvalue weighted by atomic mass is 10.1. The van der Waals surface area contributed by atoms with Crippen molar-refractivity contribution in [1.29, 1.82) is 0 Å². The summed E-state index contributed by atoms with van der Waals surface area (Å²) in [5, 5.41) is 6.34. The van der Waals surface area contributed by atoms with Crippen molar-refractivity contribution in [2.45, 2.75) is 13.8 Å². The summed E-state index contributed by atoms with van der Waals surface area (Å²) in [5.41, 5.74) is 5.52. The molecule has 9 heteroatoms. The first-order chi connectivity index (χ1) is 16.8. The van der Waals surface area contributed by atoms with E-state index in [1.807, 2.05) is 19.9 Å². The van der Waals surface area contributed by atoms with Gasteiger partial charge in [-0.05, 0) is 85.1 Å². The zero-order valence-electron chi connectivity index (χ0n) is 19.7. The van der Waals surface area contributed by atoms with Crippen LogP contribution in [0, 0.1) is 13.8 Å². The van der Waals surface area contributed by atoms with Crippen molar-refractivity contribution in [3.8, 4) is 17.2 Å². The number of carbonyl (C=O) groups is 3. The Morgan fingerprint density at radius 1 is 0.800 bits per heavy atom. The lowest BCUT2D eigenvalue weighted by molar-refractivity contribution is -0.136. The van der Waals surface area contributed by atoms with Crippen LogP contribution in [-0.4, -0.2) is 38.2 Å². The van der Waals surface area contributed by atoms with E-state index in [-0.39, 0.29) is 11.5 Å². The minimum atomic E-state index is -0.919. The number of esters is 1. The highest BCUT2D eigenvalue weighted by Crippen LogP contribution is 2.28. The standard InChI is InChI=1S/C26H25N3O6/c1-16-11-17(2)13-20(12-16)28-24(30)25(31)29-27-15-18-5-10-22(23(14-18)34-4)35-26(32)19-6-8-21(33-3)9-7-19/h5-15H,1-4H3,(H,28,30)(H,29,31)/b27-15+. The maximum atomic E-state index is 12.4. The highest BCUT2D eigenvalue weighted by atomic mass is 16.6. The second-order valence-corrected chi connectivity index (χ2v) is 7.56. The summed E-state index contributed by atoms with van der Waals surface area (Å²) in [7, 11) is 2.97. The number of benzene rings is 3. The van der Waals surface area contributed by atoms with Crippen LogP contribution < -0.4 is 25.0 Å². The van der Waals surface area contributed by atoms with Crippen LogP contribution in [0.3, 0.4) is 0 Å². The monoisotopic (exact) mass is 475 g/mol. The first-order valence-electron chi connectivity index (χ1n) is 10.6. The number of amides is 2. The highest BCUT2D eigenvalue weighted by Gasteiger charge is 2.14. The topological polar surface area (TPSA) is 115 Å². The molecule has 3 aromatic rings. The predicted octanol–water partition coefficient (Wildman–Crippen LogP) is 3.63. The summed E-state index contributed by atoms with van der Waals surface area (Å²) in [5.74, 6) is -1.20. The fraction of sp³-hybridized carbons (Fsp3) is 0.154. The first-order valence-corrected chi connectivity index (χ1v) is 10.6. The predicted molar refractivity (Wildman–Crippen MR) is 131 cm³/mol. The van der Waals surface area contributed by atoms with Crippen molar-refractivity contribution < 1.29 is 28.6 Å². The number of hydrogen-bond acceptors (Lipinski definition) is 7. The lowest BCUT2D eigenvalue weighted by Crippen LogP contribution is -2.32. The molecule has 180 valence electrons. The highest BCUT2D eigenvalue weighted by molar-refractivity contribution is 6.39. The Morgan fingerprint density at radius 2 is 1.49 bits per heavy atom. The quantitative estimate of drug-likeness (QED) is 0.177. The van der Waals surface area contributed by atoms with E-state index >= 15 is 0 Å². The summed E-state index contributed by atoms with van der Waals surface area (Å²) >= 11 is 0. The molecule has 0 aliphatic rings. The molecule has 3 aromatic carbocycles. The van der Waals surface area contributed by atoms with E-state index in [1.165, 1.54) is 26.5 Å². The van der Waals surface area contributed by atoms with Crippen molar-refractivity contribution in [2.75, 3.05) is 19.5 Å². The molecule has 2 N–H and O–H groups in total. The fourth-order valence-corrected chi connectivity index (χ4v) is 3.19. The second kappa shape index (κ2) is 11.5. The molecular weight excluding hydrogens is 450 g/mol. The van der Waals surface area contributed by atoms with Crippen LogP contribution in [0.5, 0.6) is 17.2 Å². The molecule has 0 atom stereocenters. The molecule has 0 heterocycles. The molecule has 0 aliphatic carbocycles. The zero-order chi connectivity index (χ0) is 25.4. The largest absolute Gasteiger partial charge is 0.497 e. The van der Waals surface area contributed by atoms with Gasteiger partial charge >= 0.3 is 17.8 Å². The molecule has 0 aliphatic heterocycles. The molecule has 0 radical (unpaired) electrons. The molecule has 3 rings (SSSR count). The van der Waals surface area contributed by atoms with Crippen LogP contribution in [0.2, 0.25) is 0 Å². The number of nitrogens with one attached hydrogen (secondary N) is 2. The molecular formula is C26H25N3O6. The number of hydrazone groups is 1. The van der Waals surface area contributed by atoms with Crippen LogP contribution >= 0.6 is 0 Å². The van der Waals surface area contributed by atoms with E-state index in [4.69, 9.17) is 14.2 Å². The summed E-state index contributed by atoms with van der Waals surface area (Å²) in [6.45, 7) is 3.79. The normalized spacial score (nSPS) is 10.5. The van der Waals surface area contributed by atoms with E-state index in [0.717, 1.165) is 11.1 Å². The van der Waals surface area contributed by atoms with Gasteiger partial charge in [0.1, 0.15) is 5.75 Å². The molecule has 0 unspecified atom stereocenters. The van der Waals surface area contributed by atoms with Crippen LogP contribution in [0.15, 0.2) is 65.8 Å². The zero-order valence-corrected chi connectivity index (χ0v) is 19.7. The van der Waals surface area contributed by atoms with Gasteiger partial charge in [0, 0.05) is 5.69 Å². The number of hydrogen-bond donors (Lipinski definition) is 2. The Morgan fingerprint density at radius 3 is 2.11 bits per heavy atom. The SMILES string of the molecule is COc1ccc(C(=O)Oc2ccc(/C=N/NC(=O)C(=O)Nc3cc(C)cc(C)c3)cc2OC)cc1. The number of methoxy groups -OCH3 is 2. The van der Waals surface area contributed by atoms with Crippen molar-refractivity contribution in [1.82, 2.24) is 5.43 Å². The van der Waals surface area contributed by atoms with Crippen LogP contribution in [-0.2, 0) is 9.59 Å². The van der Waals surface area contributed by atoms with Gasteiger partial charge in [0.15, 0.2) is 11.5 Å². The fourth-order valence-electron chi connectivity index (χ4n) is 3.19. The third-order valence-corrected chi connectivity index (χ3v) is 4.78. The second-order valence-electron chi connectivity index (χ2n) is 7.56. The molecule has 0 saturated heterocycles. The van der Waals surface area contributed by atoms with Crippen molar-refractivity contribution >= 4 is 29.7 Å². The van der Waals surface area contributed by atoms with Crippen molar-refractivity contribution in [3.05, 3.63) is 82.9 Å². The van der Waals surface area contributed by atoms with Gasteiger partial charge in [0.05, 0.1) is 26.0 Å². The third kappa shape index (κ3) is 6.91. The summed E-state index contributed by atoms with van der Waals surface area (Å²) in [4.78, 5) is 36.6. The van der Waals surface area contributed by atoms with Crippen LogP contribution in [0.4, 0.5) is 5.69 Å². The van der Waals surface area contributed by atoms with Crippen molar-refractivity contribution in [2.24, 2.45) is 5.10 Å². The maximum Gasteiger partial charge on any atom is 0.343 e. The average molecular weight is 476 g/mol. The number of aryl methyl sites for hydroxylation is 2. The molecule has 0 saturated carbocycles. The Balaban J connectivity index is 1.60. The minimum Gasteiger partial charge on any atom is -0.497 e. The van der Waals surface area contributed by atoms with E-state index < -0.39 is 17.8 Å². The van der Waals surface area contributed by atoms with Crippen LogP contribution in [0.25, 0.3) is 0 Å². The molecule has 0 spiro atoms. The van der Waals surface area contributed by atoms with Gasteiger partial charge < -0.3 is 19.5 Å². The number of ether oxygens (including phenoxy) is 3. The van der Waals surface area contributed by atoms with E-state index in [0.29, 0.717) is 22.6 Å². The van der Waals surface area contributed by atoms with Gasteiger partial charge in [-0.2, -0.15) is 5.10 Å². The van der Waals surface area contributed by atoms with Crippen LogP contribution in [0.1, 0.15) is 27.0 Å². The Bertz CT molecular complexity index is 1250. The number of nitrogens with zero attached hydrogens (tertiary/aromatic N) is 1. The molecule has 0 bridgehead atoms. The molecule has 35 heavy (non-hydrogen) atoms. The maximum absolute atomic E-state index is 12.4. The molecule has 9 nitrogen and oxygen atoms in total. The molecule has 0 aromatic heterocycles. The van der Waals surface area contributed by atoms with Gasteiger partial charge in [0.25, 0.3) is 0 Å². The lowest BCUT2D eigenvalue weighted by Gasteiger charge is -2.10. The Kier molecular flexibility index (Phi) is 8.18. The first kappa shape index (κ1) is 25.0.